The average Bonchev–Trinajstić information content (AvgIpc) is 2.64. The highest BCUT2D eigenvalue weighted by Crippen LogP contribution is 1.97. The van der Waals surface area contributed by atoms with E-state index in [1.165, 1.54) is 0 Å². The molecule has 1 aromatic heterocycles. The second-order valence-corrected chi connectivity index (χ2v) is 3.69. The Morgan fingerprint density at radius 3 is 2.71 bits per heavy atom. The van der Waals surface area contributed by atoms with Gasteiger partial charge in [0.15, 0.2) is 0 Å². The van der Waals surface area contributed by atoms with E-state index in [2.05, 4.69) is 23.8 Å². The first-order chi connectivity index (χ1) is 6.74. The lowest BCUT2D eigenvalue weighted by molar-refractivity contribution is 0.216. The number of hydrogen-bond acceptors (Lipinski definition) is 3. The molecule has 0 fully saturated rings. The molecule has 80 valence electrons. The zero-order valence-corrected chi connectivity index (χ0v) is 9.06. The monoisotopic (exact) mass is 196 g/mol. The Kier molecular flexibility index (Phi) is 4.62. The summed E-state index contributed by atoms with van der Waals surface area (Å²) < 4.78 is 1.95. The first-order valence-electron chi connectivity index (χ1n) is 5.15. The molecule has 0 aliphatic heterocycles. The fourth-order valence-corrected chi connectivity index (χ4v) is 1.46. The van der Waals surface area contributed by atoms with Gasteiger partial charge in [-0.25, -0.2) is 0 Å². The van der Waals surface area contributed by atoms with Crippen molar-refractivity contribution in [3.63, 3.8) is 0 Å². The lowest BCUT2D eigenvalue weighted by Crippen LogP contribution is -2.37. The Bertz CT molecular complexity index is 230. The Hall–Kier alpha value is -0.870. The predicted octanol–water partition coefficient (Wildman–Crippen LogP) is 0.552. The lowest BCUT2D eigenvalue weighted by Gasteiger charge is -2.25. The molecule has 0 saturated heterocycles. The molecule has 4 heteroatoms. The maximum atomic E-state index is 5.55. The zero-order valence-electron chi connectivity index (χ0n) is 9.06. The second-order valence-electron chi connectivity index (χ2n) is 3.69. The van der Waals surface area contributed by atoms with Crippen LogP contribution in [0.5, 0.6) is 0 Å². The van der Waals surface area contributed by atoms with Gasteiger partial charge in [0.2, 0.25) is 0 Å². The molecule has 0 aromatic carbocycles. The first-order valence-corrected chi connectivity index (χ1v) is 5.15. The third-order valence-corrected chi connectivity index (χ3v) is 2.32. The summed E-state index contributed by atoms with van der Waals surface area (Å²) in [6.07, 6.45) is 3.80. The van der Waals surface area contributed by atoms with Gasteiger partial charge < -0.3 is 5.73 Å². The van der Waals surface area contributed by atoms with Gasteiger partial charge in [-0.2, -0.15) is 5.10 Å². The summed E-state index contributed by atoms with van der Waals surface area (Å²) in [7, 11) is 0. The predicted molar refractivity (Wildman–Crippen MR) is 58.0 cm³/mol. The SMILES string of the molecule is CC(C)N(CCN)CCn1cccn1. The van der Waals surface area contributed by atoms with Crippen molar-refractivity contribution in [3.05, 3.63) is 18.5 Å². The molecular weight excluding hydrogens is 176 g/mol. The van der Waals surface area contributed by atoms with Crippen molar-refractivity contribution in [3.8, 4) is 0 Å². The topological polar surface area (TPSA) is 47.1 Å². The summed E-state index contributed by atoms with van der Waals surface area (Å²) in [5.74, 6) is 0. The standard InChI is InChI=1S/C10H20N4/c1-10(2)13(7-4-11)8-9-14-6-3-5-12-14/h3,5-6,10H,4,7-9,11H2,1-2H3. The highest BCUT2D eigenvalue weighted by molar-refractivity contribution is 4.78. The highest BCUT2D eigenvalue weighted by atomic mass is 15.3. The molecule has 0 atom stereocenters. The van der Waals surface area contributed by atoms with Crippen LogP contribution in [0.2, 0.25) is 0 Å². The van der Waals surface area contributed by atoms with E-state index in [9.17, 15) is 0 Å². The minimum Gasteiger partial charge on any atom is -0.329 e. The third-order valence-electron chi connectivity index (χ3n) is 2.32. The fraction of sp³-hybridized carbons (Fsp3) is 0.700. The summed E-state index contributed by atoms with van der Waals surface area (Å²) in [5.41, 5.74) is 5.55. The molecule has 0 amide bonds. The van der Waals surface area contributed by atoms with E-state index in [1.807, 2.05) is 23.1 Å². The molecule has 1 heterocycles. The third kappa shape index (κ3) is 3.47. The van der Waals surface area contributed by atoms with Gasteiger partial charge in [-0.05, 0) is 19.9 Å². The quantitative estimate of drug-likeness (QED) is 0.723. The molecule has 0 radical (unpaired) electrons. The van der Waals surface area contributed by atoms with Crippen LogP contribution < -0.4 is 5.73 Å². The van der Waals surface area contributed by atoms with Crippen molar-refractivity contribution in [2.45, 2.75) is 26.4 Å². The molecule has 1 aromatic rings. The van der Waals surface area contributed by atoms with E-state index < -0.39 is 0 Å². The Labute approximate surface area is 85.7 Å². The molecule has 0 bridgehead atoms. The van der Waals surface area contributed by atoms with E-state index in [1.54, 1.807) is 0 Å². The number of hydrogen-bond donors (Lipinski definition) is 1. The van der Waals surface area contributed by atoms with Crippen LogP contribution in [0.15, 0.2) is 18.5 Å². The van der Waals surface area contributed by atoms with Crippen LogP contribution in [0.1, 0.15) is 13.8 Å². The Balaban J connectivity index is 2.33. The Morgan fingerprint density at radius 2 is 2.21 bits per heavy atom. The number of aromatic nitrogens is 2. The van der Waals surface area contributed by atoms with Crippen LogP contribution >= 0.6 is 0 Å². The summed E-state index contributed by atoms with van der Waals surface area (Å²) in [5, 5.41) is 4.17. The van der Waals surface area contributed by atoms with E-state index in [-0.39, 0.29) is 0 Å². The Morgan fingerprint density at radius 1 is 1.43 bits per heavy atom. The minimum absolute atomic E-state index is 0.550. The maximum absolute atomic E-state index is 5.55. The number of nitrogens with two attached hydrogens (primary N) is 1. The van der Waals surface area contributed by atoms with Crippen molar-refractivity contribution in [1.29, 1.82) is 0 Å². The van der Waals surface area contributed by atoms with E-state index in [0.29, 0.717) is 6.04 Å². The average molecular weight is 196 g/mol. The molecule has 4 nitrogen and oxygen atoms in total. The number of rotatable bonds is 6. The van der Waals surface area contributed by atoms with Crippen molar-refractivity contribution in [2.75, 3.05) is 19.6 Å². The van der Waals surface area contributed by atoms with Gasteiger partial charge in [-0.1, -0.05) is 0 Å². The van der Waals surface area contributed by atoms with Crippen LogP contribution in [-0.2, 0) is 6.54 Å². The molecule has 14 heavy (non-hydrogen) atoms. The van der Waals surface area contributed by atoms with Crippen molar-refractivity contribution < 1.29 is 0 Å². The van der Waals surface area contributed by atoms with Gasteiger partial charge in [0.25, 0.3) is 0 Å². The van der Waals surface area contributed by atoms with E-state index in [4.69, 9.17) is 5.73 Å². The van der Waals surface area contributed by atoms with Crippen LogP contribution in [0.25, 0.3) is 0 Å². The molecule has 0 saturated carbocycles. The smallest absolute Gasteiger partial charge is 0.0536 e. The summed E-state index contributed by atoms with van der Waals surface area (Å²) >= 11 is 0. The van der Waals surface area contributed by atoms with Gasteiger partial charge in [-0.15, -0.1) is 0 Å². The van der Waals surface area contributed by atoms with Crippen molar-refractivity contribution in [1.82, 2.24) is 14.7 Å². The summed E-state index contributed by atoms with van der Waals surface area (Å²) in [6.45, 7) is 8.01. The van der Waals surface area contributed by atoms with Gasteiger partial charge >= 0.3 is 0 Å². The zero-order chi connectivity index (χ0) is 10.4. The van der Waals surface area contributed by atoms with E-state index in [0.717, 1.165) is 26.2 Å². The van der Waals surface area contributed by atoms with E-state index >= 15 is 0 Å². The van der Waals surface area contributed by atoms with Crippen LogP contribution in [-0.4, -0.2) is 40.4 Å². The van der Waals surface area contributed by atoms with Crippen molar-refractivity contribution >= 4 is 0 Å². The largest absolute Gasteiger partial charge is 0.329 e. The second kappa shape index (κ2) is 5.78. The first kappa shape index (κ1) is 11.2. The van der Waals surface area contributed by atoms with Gasteiger partial charge in [0.05, 0.1) is 6.54 Å². The van der Waals surface area contributed by atoms with Crippen LogP contribution in [0, 0.1) is 0 Å². The molecule has 0 aliphatic carbocycles. The molecular formula is C10H20N4. The van der Waals surface area contributed by atoms with Gasteiger partial charge in [-0.3, -0.25) is 9.58 Å². The molecule has 0 aliphatic rings. The van der Waals surface area contributed by atoms with Crippen LogP contribution in [0.4, 0.5) is 0 Å². The molecule has 0 spiro atoms. The van der Waals surface area contributed by atoms with Gasteiger partial charge in [0.1, 0.15) is 0 Å². The fourth-order valence-electron chi connectivity index (χ4n) is 1.46. The van der Waals surface area contributed by atoms with Crippen LogP contribution in [0.3, 0.4) is 0 Å². The lowest BCUT2D eigenvalue weighted by atomic mass is 10.3. The molecule has 0 unspecified atom stereocenters. The normalized spacial score (nSPS) is 11.5. The summed E-state index contributed by atoms with van der Waals surface area (Å²) in [4.78, 5) is 2.36. The minimum atomic E-state index is 0.550. The maximum Gasteiger partial charge on any atom is 0.0536 e. The number of nitrogens with zero attached hydrogens (tertiary/aromatic N) is 3. The summed E-state index contributed by atoms with van der Waals surface area (Å²) in [6, 6.07) is 2.50. The molecule has 1 rings (SSSR count). The van der Waals surface area contributed by atoms with Gasteiger partial charge in [0, 0.05) is 38.1 Å². The highest BCUT2D eigenvalue weighted by Gasteiger charge is 2.07. The molecule has 2 N–H and O–H groups in total. The van der Waals surface area contributed by atoms with Crippen molar-refractivity contribution in [2.24, 2.45) is 5.73 Å².